The van der Waals surface area contributed by atoms with Gasteiger partial charge in [-0.05, 0) is 37.5 Å². The number of hydrogen-bond donors (Lipinski definition) is 1. The summed E-state index contributed by atoms with van der Waals surface area (Å²) in [6, 6.07) is 0. The van der Waals surface area contributed by atoms with Crippen molar-refractivity contribution in [1.82, 2.24) is 0 Å². The molecule has 3 heterocycles. The third-order valence-corrected chi connectivity index (χ3v) is 7.36. The zero-order valence-corrected chi connectivity index (χ0v) is 16.7. The Bertz CT molecular complexity index is 638. The molecule has 3 aliphatic heterocycles. The molecule has 2 bridgehead atoms. The second kappa shape index (κ2) is 7.23. The lowest BCUT2D eigenvalue weighted by molar-refractivity contribution is -0.428. The summed E-state index contributed by atoms with van der Waals surface area (Å²) >= 11 is 0. The number of carboxylic acids is 1. The summed E-state index contributed by atoms with van der Waals surface area (Å²) in [5.74, 6) is -1.42. The summed E-state index contributed by atoms with van der Waals surface area (Å²) in [6.45, 7) is 6.58. The fourth-order valence-corrected chi connectivity index (χ4v) is 5.91. The smallest absolute Gasteiger partial charge is 0.308 e. The molecule has 1 saturated carbocycles. The molecule has 8 nitrogen and oxygen atoms in total. The predicted octanol–water partition coefficient (Wildman–Crippen LogP) is 2.85. The molecule has 8 atom stereocenters. The van der Waals surface area contributed by atoms with Gasteiger partial charge in [0.1, 0.15) is 0 Å². The van der Waals surface area contributed by atoms with Crippen LogP contribution in [-0.2, 0) is 33.6 Å². The van der Waals surface area contributed by atoms with Crippen molar-refractivity contribution >= 4 is 11.9 Å². The number of hydrogen-bond acceptors (Lipinski definition) is 7. The van der Waals surface area contributed by atoms with Crippen molar-refractivity contribution < 1.29 is 38.7 Å². The molecule has 0 aromatic heterocycles. The molecule has 4 fully saturated rings. The molecule has 0 aromatic rings. The van der Waals surface area contributed by atoms with E-state index in [9.17, 15) is 9.59 Å². The molecule has 1 aliphatic carbocycles. The standard InChI is InChI=1S/C20H30O8/c1-11-4-5-14-12(2)17(25-16(23)7-6-15(21)22)26-18-20(14)10-24-28-19(3,27-18)9-8-13(11)20/h11-14,17-18H,4-10H2,1-3H3,(H,21,22)/t11-,12-,13+,14+,17?,18-,19-,20?/m1/s1. The van der Waals surface area contributed by atoms with Crippen LogP contribution in [0.1, 0.15) is 59.3 Å². The van der Waals surface area contributed by atoms with Gasteiger partial charge in [-0.1, -0.05) is 20.3 Å². The SMILES string of the molecule is C[C@@H]1CC[C@H]2[C@@H](C)C(OC(=O)CCC(=O)O)O[C@@H]3O[C@@]4(C)CC[C@@H]1C32COO4. The molecule has 4 aliphatic rings. The average Bonchev–Trinajstić information content (AvgIpc) is 2.83. The molecule has 3 saturated heterocycles. The maximum atomic E-state index is 12.1. The van der Waals surface area contributed by atoms with Crippen LogP contribution >= 0.6 is 0 Å². The molecule has 0 aromatic carbocycles. The molecular weight excluding hydrogens is 368 g/mol. The number of carboxylic acid groups (broad SMARTS) is 1. The number of rotatable bonds is 4. The first-order valence-corrected chi connectivity index (χ1v) is 10.3. The lowest BCUT2D eigenvalue weighted by Gasteiger charge is -2.58. The zero-order valence-electron chi connectivity index (χ0n) is 16.7. The number of ether oxygens (including phenoxy) is 3. The maximum Gasteiger partial charge on any atom is 0.308 e. The number of carbonyl (C=O) groups is 2. The van der Waals surface area contributed by atoms with Gasteiger partial charge in [-0.25, -0.2) is 9.78 Å². The van der Waals surface area contributed by atoms with Crippen LogP contribution in [0, 0.1) is 29.1 Å². The number of carbonyl (C=O) groups excluding carboxylic acids is 1. The molecule has 158 valence electrons. The highest BCUT2D eigenvalue weighted by atomic mass is 17.2. The summed E-state index contributed by atoms with van der Waals surface area (Å²) in [5, 5.41) is 8.79. The van der Waals surface area contributed by atoms with Crippen molar-refractivity contribution in [3.63, 3.8) is 0 Å². The normalized spacial score (nSPS) is 47.5. The molecular formula is C20H30O8. The molecule has 0 amide bonds. The molecule has 28 heavy (non-hydrogen) atoms. The molecule has 0 radical (unpaired) electrons. The van der Waals surface area contributed by atoms with Crippen LogP contribution in [-0.4, -0.2) is 42.0 Å². The van der Waals surface area contributed by atoms with Crippen LogP contribution in [0.5, 0.6) is 0 Å². The monoisotopic (exact) mass is 398 g/mol. The summed E-state index contributed by atoms with van der Waals surface area (Å²) in [4.78, 5) is 34.1. The van der Waals surface area contributed by atoms with E-state index < -0.39 is 30.3 Å². The third-order valence-electron chi connectivity index (χ3n) is 7.36. The number of fused-ring (bicyclic) bond motifs is 1. The van der Waals surface area contributed by atoms with E-state index in [0.29, 0.717) is 24.9 Å². The van der Waals surface area contributed by atoms with Gasteiger partial charge >= 0.3 is 11.9 Å². The number of esters is 1. The van der Waals surface area contributed by atoms with E-state index in [1.54, 1.807) is 0 Å². The van der Waals surface area contributed by atoms with Crippen LogP contribution in [0.4, 0.5) is 0 Å². The lowest BCUT2D eigenvalue weighted by Crippen LogP contribution is -2.63. The van der Waals surface area contributed by atoms with Gasteiger partial charge in [0.2, 0.25) is 12.1 Å². The molecule has 4 rings (SSSR count). The van der Waals surface area contributed by atoms with Gasteiger partial charge < -0.3 is 19.3 Å². The largest absolute Gasteiger partial charge is 0.481 e. The highest BCUT2D eigenvalue weighted by Crippen LogP contribution is 2.62. The first-order chi connectivity index (χ1) is 13.2. The summed E-state index contributed by atoms with van der Waals surface area (Å²) in [6.07, 6.45) is 1.99. The Morgan fingerprint density at radius 1 is 1.14 bits per heavy atom. The van der Waals surface area contributed by atoms with Gasteiger partial charge in [0, 0.05) is 12.3 Å². The first-order valence-electron chi connectivity index (χ1n) is 10.3. The fraction of sp³-hybridized carbons (Fsp3) is 0.900. The van der Waals surface area contributed by atoms with E-state index >= 15 is 0 Å². The van der Waals surface area contributed by atoms with Crippen molar-refractivity contribution in [2.75, 3.05) is 6.61 Å². The highest BCUT2D eigenvalue weighted by molar-refractivity contribution is 5.76. The Morgan fingerprint density at radius 2 is 1.93 bits per heavy atom. The molecule has 2 unspecified atom stereocenters. The Labute approximate surface area is 164 Å². The first kappa shape index (κ1) is 20.1. The maximum absolute atomic E-state index is 12.1. The van der Waals surface area contributed by atoms with Crippen LogP contribution in [0.25, 0.3) is 0 Å². The minimum Gasteiger partial charge on any atom is -0.481 e. The third kappa shape index (κ3) is 3.24. The van der Waals surface area contributed by atoms with E-state index in [1.807, 2.05) is 13.8 Å². The topological polar surface area (TPSA) is 101 Å². The van der Waals surface area contributed by atoms with E-state index in [4.69, 9.17) is 29.1 Å². The van der Waals surface area contributed by atoms with Gasteiger partial charge in [0.15, 0.2) is 6.29 Å². The van der Waals surface area contributed by atoms with Crippen LogP contribution < -0.4 is 0 Å². The van der Waals surface area contributed by atoms with Gasteiger partial charge in [-0.15, -0.1) is 0 Å². The summed E-state index contributed by atoms with van der Waals surface area (Å²) in [5.41, 5.74) is -0.338. The van der Waals surface area contributed by atoms with Crippen molar-refractivity contribution in [3.8, 4) is 0 Å². The quantitative estimate of drug-likeness (QED) is 0.570. The van der Waals surface area contributed by atoms with Gasteiger partial charge in [0.25, 0.3) is 0 Å². The van der Waals surface area contributed by atoms with E-state index in [1.165, 1.54) is 0 Å². The van der Waals surface area contributed by atoms with Crippen molar-refractivity contribution in [2.45, 2.75) is 77.7 Å². The predicted molar refractivity (Wildman–Crippen MR) is 94.4 cm³/mol. The molecule has 8 heteroatoms. The summed E-state index contributed by atoms with van der Waals surface area (Å²) < 4.78 is 18.1. The van der Waals surface area contributed by atoms with Crippen molar-refractivity contribution in [3.05, 3.63) is 0 Å². The Balaban J connectivity index is 1.61. The fourth-order valence-electron chi connectivity index (χ4n) is 5.91. The van der Waals surface area contributed by atoms with Gasteiger partial charge in [-0.3, -0.25) is 9.59 Å². The highest BCUT2D eigenvalue weighted by Gasteiger charge is 2.66. The van der Waals surface area contributed by atoms with Gasteiger partial charge in [-0.2, -0.15) is 0 Å². The Hall–Kier alpha value is -1.22. The Kier molecular flexibility index (Phi) is 5.18. The number of aliphatic carboxylic acids is 1. The van der Waals surface area contributed by atoms with Crippen LogP contribution in [0.15, 0.2) is 0 Å². The van der Waals surface area contributed by atoms with E-state index in [2.05, 4.69) is 6.92 Å². The molecule has 1 spiro atoms. The van der Waals surface area contributed by atoms with Gasteiger partial charge in [0.05, 0.1) is 24.9 Å². The zero-order chi connectivity index (χ0) is 20.1. The molecule has 1 N–H and O–H groups in total. The second-order valence-corrected chi connectivity index (χ2v) is 9.09. The second-order valence-electron chi connectivity index (χ2n) is 9.09. The van der Waals surface area contributed by atoms with Crippen LogP contribution in [0.2, 0.25) is 0 Å². The minimum atomic E-state index is -1.03. The lowest BCUT2D eigenvalue weighted by atomic mass is 9.52. The average molecular weight is 398 g/mol. The van der Waals surface area contributed by atoms with Crippen molar-refractivity contribution in [2.24, 2.45) is 29.1 Å². The summed E-state index contributed by atoms with van der Waals surface area (Å²) in [7, 11) is 0. The Morgan fingerprint density at radius 3 is 2.68 bits per heavy atom. The minimum absolute atomic E-state index is 0.0466. The van der Waals surface area contributed by atoms with E-state index in [-0.39, 0.29) is 30.1 Å². The van der Waals surface area contributed by atoms with E-state index in [0.717, 1.165) is 19.3 Å². The van der Waals surface area contributed by atoms with Crippen molar-refractivity contribution in [1.29, 1.82) is 0 Å². The van der Waals surface area contributed by atoms with Crippen LogP contribution in [0.3, 0.4) is 0 Å².